The highest BCUT2D eigenvalue weighted by Gasteiger charge is 2.07. The molecule has 20 heavy (non-hydrogen) atoms. The van der Waals surface area contributed by atoms with Crippen LogP contribution in [0, 0.1) is 18.3 Å². The fraction of sp³-hybridized carbons (Fsp3) is 0.235. The molecule has 0 spiro atoms. The molecule has 0 bridgehead atoms. The maximum Gasteiger partial charge on any atom is 0.101 e. The second-order valence-corrected chi connectivity index (χ2v) is 4.84. The van der Waals surface area contributed by atoms with Gasteiger partial charge in [0, 0.05) is 12.6 Å². The van der Waals surface area contributed by atoms with Crippen LogP contribution < -0.4 is 11.1 Å². The largest absolute Gasteiger partial charge is 0.384 e. The van der Waals surface area contributed by atoms with E-state index in [1.165, 1.54) is 0 Å². The first-order chi connectivity index (χ1) is 9.72. The molecule has 0 aromatic heterocycles. The van der Waals surface area contributed by atoms with Crippen LogP contribution in [-0.4, -0.2) is 6.54 Å². The van der Waals surface area contributed by atoms with E-state index < -0.39 is 0 Å². The Balaban J connectivity index is 1.96. The summed E-state index contributed by atoms with van der Waals surface area (Å²) in [7, 11) is 0. The lowest BCUT2D eigenvalue weighted by Gasteiger charge is -2.15. The predicted octanol–water partition coefficient (Wildman–Crippen LogP) is 3.37. The fourth-order valence-corrected chi connectivity index (χ4v) is 2.22. The standard InChI is InChI=1S/C17H19N3/c1-13-6-5-9-15(12-18)17(13)20-11-10-16(19)14-7-3-2-4-8-14/h2-9,16,20H,10-11,19H2,1H3. The first-order valence-corrected chi connectivity index (χ1v) is 6.76. The van der Waals surface area contributed by atoms with Gasteiger partial charge in [0.15, 0.2) is 0 Å². The molecule has 0 radical (unpaired) electrons. The van der Waals surface area contributed by atoms with Gasteiger partial charge in [0.25, 0.3) is 0 Å². The van der Waals surface area contributed by atoms with E-state index in [9.17, 15) is 0 Å². The van der Waals surface area contributed by atoms with E-state index in [2.05, 4.69) is 11.4 Å². The minimum absolute atomic E-state index is 0.0123. The number of hydrogen-bond acceptors (Lipinski definition) is 3. The van der Waals surface area contributed by atoms with Gasteiger partial charge in [-0.3, -0.25) is 0 Å². The molecule has 0 saturated carbocycles. The monoisotopic (exact) mass is 265 g/mol. The molecule has 3 nitrogen and oxygen atoms in total. The molecule has 3 N–H and O–H groups in total. The summed E-state index contributed by atoms with van der Waals surface area (Å²) in [6, 6.07) is 18.0. The molecule has 2 aromatic carbocycles. The number of nitrogens with one attached hydrogen (secondary N) is 1. The SMILES string of the molecule is Cc1cccc(C#N)c1NCCC(N)c1ccccc1. The zero-order chi connectivity index (χ0) is 14.4. The maximum atomic E-state index is 9.11. The van der Waals surface area contributed by atoms with Crippen LogP contribution in [0.5, 0.6) is 0 Å². The van der Waals surface area contributed by atoms with Gasteiger partial charge in [-0.25, -0.2) is 0 Å². The van der Waals surface area contributed by atoms with Crippen LogP contribution >= 0.6 is 0 Å². The van der Waals surface area contributed by atoms with E-state index >= 15 is 0 Å². The average Bonchev–Trinajstić information content (AvgIpc) is 2.49. The van der Waals surface area contributed by atoms with E-state index in [0.29, 0.717) is 5.56 Å². The van der Waals surface area contributed by atoms with Gasteiger partial charge in [-0.2, -0.15) is 5.26 Å². The number of hydrogen-bond donors (Lipinski definition) is 2. The molecule has 1 atom stereocenters. The number of rotatable bonds is 5. The second kappa shape index (κ2) is 6.74. The molecule has 0 saturated heterocycles. The van der Waals surface area contributed by atoms with Gasteiger partial charge in [-0.15, -0.1) is 0 Å². The Labute approximate surface area is 120 Å². The van der Waals surface area contributed by atoms with Gasteiger partial charge in [0.2, 0.25) is 0 Å². The van der Waals surface area contributed by atoms with Crippen molar-refractivity contribution in [1.82, 2.24) is 0 Å². The summed E-state index contributed by atoms with van der Waals surface area (Å²) < 4.78 is 0. The molecule has 0 fully saturated rings. The van der Waals surface area contributed by atoms with Crippen LogP contribution in [0.2, 0.25) is 0 Å². The van der Waals surface area contributed by atoms with Gasteiger partial charge in [0.1, 0.15) is 6.07 Å². The average molecular weight is 265 g/mol. The summed E-state index contributed by atoms with van der Waals surface area (Å²) in [5.74, 6) is 0. The van der Waals surface area contributed by atoms with E-state index in [1.54, 1.807) is 0 Å². The van der Waals surface area contributed by atoms with Crippen LogP contribution in [0.1, 0.15) is 29.2 Å². The number of benzene rings is 2. The normalized spacial score (nSPS) is 11.7. The van der Waals surface area contributed by atoms with Gasteiger partial charge < -0.3 is 11.1 Å². The van der Waals surface area contributed by atoms with Gasteiger partial charge in [-0.1, -0.05) is 42.5 Å². The van der Waals surface area contributed by atoms with Crippen molar-refractivity contribution in [3.63, 3.8) is 0 Å². The Morgan fingerprint density at radius 3 is 2.60 bits per heavy atom. The van der Waals surface area contributed by atoms with Gasteiger partial charge >= 0.3 is 0 Å². The van der Waals surface area contributed by atoms with Crippen LogP contribution in [0.4, 0.5) is 5.69 Å². The van der Waals surface area contributed by atoms with Crippen molar-refractivity contribution in [1.29, 1.82) is 5.26 Å². The third-order valence-corrected chi connectivity index (χ3v) is 3.38. The Bertz CT molecular complexity index is 599. The second-order valence-electron chi connectivity index (χ2n) is 4.84. The Morgan fingerprint density at radius 2 is 1.90 bits per heavy atom. The summed E-state index contributed by atoms with van der Waals surface area (Å²) in [5.41, 5.74) is 9.97. The highest BCUT2D eigenvalue weighted by molar-refractivity contribution is 5.62. The first kappa shape index (κ1) is 14.1. The number of nitriles is 1. The molecular weight excluding hydrogens is 246 g/mol. The molecule has 0 aliphatic rings. The Hall–Kier alpha value is -2.31. The molecule has 1 unspecified atom stereocenters. The lowest BCUT2D eigenvalue weighted by Crippen LogP contribution is -2.15. The van der Waals surface area contributed by atoms with Crippen molar-refractivity contribution in [3.8, 4) is 6.07 Å². The summed E-state index contributed by atoms with van der Waals surface area (Å²) in [4.78, 5) is 0. The van der Waals surface area contributed by atoms with Crippen LogP contribution in [0.25, 0.3) is 0 Å². The molecule has 102 valence electrons. The van der Waals surface area contributed by atoms with Crippen LogP contribution in [0.3, 0.4) is 0 Å². The Kier molecular flexibility index (Phi) is 4.75. The van der Waals surface area contributed by atoms with Crippen LogP contribution in [-0.2, 0) is 0 Å². The topological polar surface area (TPSA) is 61.8 Å². The molecule has 0 amide bonds. The molecular formula is C17H19N3. The van der Waals surface area contributed by atoms with E-state index in [-0.39, 0.29) is 6.04 Å². The number of nitrogens with zero attached hydrogens (tertiary/aromatic N) is 1. The minimum Gasteiger partial charge on any atom is -0.384 e. The third kappa shape index (κ3) is 3.37. The highest BCUT2D eigenvalue weighted by atomic mass is 14.9. The summed E-state index contributed by atoms with van der Waals surface area (Å²) in [6.45, 7) is 2.75. The number of aryl methyl sites for hydroxylation is 1. The zero-order valence-electron chi connectivity index (χ0n) is 11.6. The van der Waals surface area contributed by atoms with Crippen molar-refractivity contribution >= 4 is 5.69 Å². The van der Waals surface area contributed by atoms with Gasteiger partial charge in [-0.05, 0) is 30.5 Å². The summed E-state index contributed by atoms with van der Waals surface area (Å²) >= 11 is 0. The molecule has 0 heterocycles. The molecule has 0 aliphatic carbocycles. The molecule has 2 aromatic rings. The van der Waals surface area contributed by atoms with Crippen molar-refractivity contribution in [2.75, 3.05) is 11.9 Å². The van der Waals surface area contributed by atoms with Gasteiger partial charge in [0.05, 0.1) is 11.3 Å². The lowest BCUT2D eigenvalue weighted by atomic mass is 10.0. The number of anilines is 1. The van der Waals surface area contributed by atoms with Crippen molar-refractivity contribution in [2.24, 2.45) is 5.73 Å². The Morgan fingerprint density at radius 1 is 1.15 bits per heavy atom. The number of nitrogens with two attached hydrogens (primary N) is 1. The highest BCUT2D eigenvalue weighted by Crippen LogP contribution is 2.20. The van der Waals surface area contributed by atoms with Crippen molar-refractivity contribution < 1.29 is 0 Å². The summed E-state index contributed by atoms with van der Waals surface area (Å²) in [6.07, 6.45) is 0.823. The molecule has 2 rings (SSSR count). The first-order valence-electron chi connectivity index (χ1n) is 6.76. The summed E-state index contributed by atoms with van der Waals surface area (Å²) in [5, 5.41) is 12.4. The van der Waals surface area contributed by atoms with E-state index in [0.717, 1.165) is 29.8 Å². The lowest BCUT2D eigenvalue weighted by molar-refractivity contribution is 0.675. The fourth-order valence-electron chi connectivity index (χ4n) is 2.22. The minimum atomic E-state index is 0.0123. The van der Waals surface area contributed by atoms with Crippen molar-refractivity contribution in [2.45, 2.75) is 19.4 Å². The third-order valence-electron chi connectivity index (χ3n) is 3.38. The number of para-hydroxylation sites is 1. The van der Waals surface area contributed by atoms with Crippen molar-refractivity contribution in [3.05, 3.63) is 65.2 Å². The quantitative estimate of drug-likeness (QED) is 0.871. The molecule has 0 aliphatic heterocycles. The zero-order valence-corrected chi connectivity index (χ0v) is 11.6. The van der Waals surface area contributed by atoms with Crippen LogP contribution in [0.15, 0.2) is 48.5 Å². The maximum absolute atomic E-state index is 9.11. The molecule has 3 heteroatoms. The smallest absolute Gasteiger partial charge is 0.101 e. The predicted molar refractivity (Wildman–Crippen MR) is 82.4 cm³/mol. The van der Waals surface area contributed by atoms with E-state index in [4.69, 9.17) is 11.0 Å². The van der Waals surface area contributed by atoms with E-state index in [1.807, 2.05) is 55.5 Å².